The van der Waals surface area contributed by atoms with Crippen LogP contribution in [0, 0.1) is 5.92 Å². The van der Waals surface area contributed by atoms with E-state index in [0.717, 1.165) is 5.92 Å². The number of nitrogens with two attached hydrogens (primary N) is 1. The van der Waals surface area contributed by atoms with Crippen LogP contribution >= 0.6 is 0 Å². The largest absolute Gasteiger partial charge is 0.327 e. The van der Waals surface area contributed by atoms with Gasteiger partial charge in [0.1, 0.15) is 0 Å². The fraction of sp³-hybridized carbons (Fsp3) is 1.00. The van der Waals surface area contributed by atoms with E-state index in [1.165, 1.54) is 12.8 Å². The zero-order chi connectivity index (χ0) is 4.57. The first kappa shape index (κ1) is 4.13. The summed E-state index contributed by atoms with van der Waals surface area (Å²) in [7, 11) is 0. The third kappa shape index (κ3) is 0.432. The van der Waals surface area contributed by atoms with Gasteiger partial charge in [-0.3, -0.25) is 0 Å². The number of hydrogen-bond acceptors (Lipinski definition) is 1. The molecule has 0 aliphatic heterocycles. The minimum Gasteiger partial charge on any atom is -0.327 e. The summed E-state index contributed by atoms with van der Waals surface area (Å²) in [4.78, 5) is 0. The van der Waals surface area contributed by atoms with Crippen LogP contribution in [0.5, 0.6) is 0 Å². The molecule has 1 aliphatic rings. The lowest BCUT2D eigenvalue weighted by Crippen LogP contribution is -2.37. The molecule has 2 N–H and O–H groups in total. The van der Waals surface area contributed by atoms with Gasteiger partial charge in [-0.15, -0.1) is 0 Å². The van der Waals surface area contributed by atoms with E-state index in [9.17, 15) is 0 Å². The Balaban J connectivity index is 2.20. The molecule has 2 atom stereocenters. The van der Waals surface area contributed by atoms with Gasteiger partial charge in [-0.25, -0.2) is 0 Å². The molecule has 0 bridgehead atoms. The smallest absolute Gasteiger partial charge is 0.00646 e. The Morgan fingerprint density at radius 1 is 1.50 bits per heavy atom. The van der Waals surface area contributed by atoms with Gasteiger partial charge in [-0.2, -0.15) is 0 Å². The van der Waals surface area contributed by atoms with E-state index < -0.39 is 0 Å². The molecular formula is C5H11N. The van der Waals surface area contributed by atoms with Crippen LogP contribution in [0.1, 0.15) is 19.8 Å². The second-order valence-electron chi connectivity index (χ2n) is 2.22. The van der Waals surface area contributed by atoms with Crippen LogP contribution in [0.25, 0.3) is 0 Å². The summed E-state index contributed by atoms with van der Waals surface area (Å²) in [5.74, 6) is 0.810. The van der Waals surface area contributed by atoms with Gasteiger partial charge in [-0.1, -0.05) is 6.92 Å². The van der Waals surface area contributed by atoms with Crippen LogP contribution in [0.4, 0.5) is 0 Å². The minimum absolute atomic E-state index is 0.532. The molecule has 1 rings (SSSR count). The molecule has 6 heavy (non-hydrogen) atoms. The van der Waals surface area contributed by atoms with Gasteiger partial charge in [0, 0.05) is 6.04 Å². The van der Waals surface area contributed by atoms with Crippen molar-refractivity contribution in [3.05, 3.63) is 0 Å². The van der Waals surface area contributed by atoms with Gasteiger partial charge >= 0.3 is 0 Å². The van der Waals surface area contributed by atoms with Crippen molar-refractivity contribution < 1.29 is 0 Å². The van der Waals surface area contributed by atoms with Crippen LogP contribution in [-0.2, 0) is 0 Å². The molecule has 1 heteroatoms. The van der Waals surface area contributed by atoms with Crippen molar-refractivity contribution in [2.24, 2.45) is 11.7 Å². The van der Waals surface area contributed by atoms with Gasteiger partial charge in [0.05, 0.1) is 0 Å². The maximum atomic E-state index is 5.52. The third-order valence-electron chi connectivity index (χ3n) is 1.69. The van der Waals surface area contributed by atoms with Crippen molar-refractivity contribution in [1.82, 2.24) is 0 Å². The molecule has 0 aromatic heterocycles. The highest BCUT2D eigenvalue weighted by Crippen LogP contribution is 2.23. The first-order valence-corrected chi connectivity index (χ1v) is 2.56. The van der Waals surface area contributed by atoms with Crippen molar-refractivity contribution in [3.8, 4) is 0 Å². The summed E-state index contributed by atoms with van der Waals surface area (Å²) in [5.41, 5.74) is 5.52. The molecule has 0 aromatic carbocycles. The molecule has 0 amide bonds. The van der Waals surface area contributed by atoms with Crippen molar-refractivity contribution in [1.29, 1.82) is 0 Å². The fourth-order valence-electron chi connectivity index (χ4n) is 0.692. The molecule has 1 fully saturated rings. The van der Waals surface area contributed by atoms with Crippen LogP contribution in [0.3, 0.4) is 0 Å². The summed E-state index contributed by atoms with van der Waals surface area (Å²) in [6.45, 7) is 2.20. The topological polar surface area (TPSA) is 26.0 Å². The highest BCUT2D eigenvalue weighted by Gasteiger charge is 2.21. The van der Waals surface area contributed by atoms with Crippen LogP contribution in [0.15, 0.2) is 0 Å². The Morgan fingerprint density at radius 3 is 2.00 bits per heavy atom. The molecule has 1 aliphatic carbocycles. The molecule has 0 radical (unpaired) electrons. The first-order valence-electron chi connectivity index (χ1n) is 2.56. The standard InChI is InChI=1S/C5H11N/c1-4-2-3-5(4)6/h4-5H,2-3,6H2,1H3/t4-,5+/m1/s1. The van der Waals surface area contributed by atoms with Crippen molar-refractivity contribution >= 4 is 0 Å². The highest BCUT2D eigenvalue weighted by atomic mass is 14.7. The lowest BCUT2D eigenvalue weighted by atomic mass is 9.82. The van der Waals surface area contributed by atoms with Crippen molar-refractivity contribution in [2.75, 3.05) is 0 Å². The van der Waals surface area contributed by atoms with Gasteiger partial charge in [-0.05, 0) is 18.8 Å². The molecular weight excluding hydrogens is 74.1 g/mol. The molecule has 1 nitrogen and oxygen atoms in total. The second kappa shape index (κ2) is 1.23. The minimum atomic E-state index is 0.532. The van der Waals surface area contributed by atoms with E-state index in [1.54, 1.807) is 0 Å². The van der Waals surface area contributed by atoms with Gasteiger partial charge in [0.2, 0.25) is 0 Å². The fourth-order valence-corrected chi connectivity index (χ4v) is 0.692. The summed E-state index contributed by atoms with van der Waals surface area (Å²) in [5, 5.41) is 0. The normalized spacial score (nSPS) is 45.0. The molecule has 36 valence electrons. The summed E-state index contributed by atoms with van der Waals surface area (Å²) in [6.07, 6.45) is 2.60. The number of rotatable bonds is 0. The summed E-state index contributed by atoms with van der Waals surface area (Å²) < 4.78 is 0. The van der Waals surface area contributed by atoms with E-state index in [-0.39, 0.29) is 0 Å². The number of hydrogen-bond donors (Lipinski definition) is 1. The average Bonchev–Trinajstić information content (AvgIpc) is 1.61. The lowest BCUT2D eigenvalue weighted by molar-refractivity contribution is 0.282. The third-order valence-corrected chi connectivity index (χ3v) is 1.69. The van der Waals surface area contributed by atoms with Crippen LogP contribution < -0.4 is 5.73 Å². The van der Waals surface area contributed by atoms with E-state index in [4.69, 9.17) is 5.73 Å². The zero-order valence-corrected chi connectivity index (χ0v) is 4.15. The van der Waals surface area contributed by atoms with Gasteiger partial charge < -0.3 is 5.73 Å². The molecule has 0 aromatic rings. The zero-order valence-electron chi connectivity index (χ0n) is 4.15. The molecule has 0 unspecified atom stereocenters. The SMILES string of the molecule is C[C@@H]1CC[C@@H]1N. The van der Waals surface area contributed by atoms with E-state index >= 15 is 0 Å². The summed E-state index contributed by atoms with van der Waals surface area (Å²) in [6, 6.07) is 0.532. The van der Waals surface area contributed by atoms with E-state index in [2.05, 4.69) is 6.92 Å². The average molecular weight is 85.2 g/mol. The lowest BCUT2D eigenvalue weighted by Gasteiger charge is -2.29. The molecule has 0 heterocycles. The summed E-state index contributed by atoms with van der Waals surface area (Å²) >= 11 is 0. The predicted molar refractivity (Wildman–Crippen MR) is 26.4 cm³/mol. The maximum Gasteiger partial charge on any atom is 0.00646 e. The van der Waals surface area contributed by atoms with E-state index in [0.29, 0.717) is 6.04 Å². The highest BCUT2D eigenvalue weighted by molar-refractivity contribution is 4.79. The first-order chi connectivity index (χ1) is 2.80. The monoisotopic (exact) mass is 85.1 g/mol. The Bertz CT molecular complexity index is 43.9. The van der Waals surface area contributed by atoms with Crippen molar-refractivity contribution in [2.45, 2.75) is 25.8 Å². The second-order valence-corrected chi connectivity index (χ2v) is 2.22. The Labute approximate surface area is 38.5 Å². The van der Waals surface area contributed by atoms with Gasteiger partial charge in [0.25, 0.3) is 0 Å². The van der Waals surface area contributed by atoms with Crippen LogP contribution in [-0.4, -0.2) is 6.04 Å². The quantitative estimate of drug-likeness (QED) is 0.461. The Morgan fingerprint density at radius 2 is 2.00 bits per heavy atom. The van der Waals surface area contributed by atoms with E-state index in [1.807, 2.05) is 0 Å². The molecule has 1 saturated carbocycles. The predicted octanol–water partition coefficient (Wildman–Crippen LogP) is 0.744. The van der Waals surface area contributed by atoms with Crippen molar-refractivity contribution in [3.63, 3.8) is 0 Å². The molecule has 0 saturated heterocycles. The van der Waals surface area contributed by atoms with Crippen LogP contribution in [0.2, 0.25) is 0 Å². The molecule has 0 spiro atoms. The van der Waals surface area contributed by atoms with Gasteiger partial charge in [0.15, 0.2) is 0 Å². The Kier molecular flexibility index (Phi) is 0.845. The Hall–Kier alpha value is -0.0400. The maximum absolute atomic E-state index is 5.52.